The van der Waals surface area contributed by atoms with Crippen molar-refractivity contribution in [3.63, 3.8) is 0 Å². The van der Waals surface area contributed by atoms with Crippen molar-refractivity contribution in [2.45, 2.75) is 44.9 Å². The molecule has 8 rings (SSSR count). The van der Waals surface area contributed by atoms with Crippen LogP contribution in [0.15, 0.2) is 97.5 Å². The van der Waals surface area contributed by atoms with Crippen LogP contribution < -0.4 is 14.9 Å². The molecule has 5 aromatic rings. The van der Waals surface area contributed by atoms with E-state index in [1.54, 1.807) is 83.6 Å². The Morgan fingerprint density at radius 1 is 0.820 bits per heavy atom. The first-order chi connectivity index (χ1) is 29.5. The van der Waals surface area contributed by atoms with Crippen LogP contribution in [0.25, 0.3) is 28.1 Å². The Kier molecular flexibility index (Phi) is 12.0. The molecule has 316 valence electrons. The number of aromatic nitrogens is 3. The monoisotopic (exact) mass is 846 g/mol. The number of rotatable bonds is 11. The molecule has 3 aliphatic heterocycles. The number of carbonyl (C=O) groups is 4. The number of anilines is 2. The number of benzene rings is 3. The van der Waals surface area contributed by atoms with Crippen molar-refractivity contribution in [1.29, 1.82) is 0 Å². The minimum Gasteiger partial charge on any atom is -0.371 e. The number of halogens is 1. The molecule has 0 bridgehead atoms. The molecule has 14 nitrogen and oxygen atoms in total. The highest BCUT2D eigenvalue weighted by Gasteiger charge is 2.33. The van der Waals surface area contributed by atoms with E-state index < -0.39 is 15.8 Å². The summed E-state index contributed by atoms with van der Waals surface area (Å²) in [6.07, 6.45) is 7.58. The normalized spacial score (nSPS) is 17.6. The number of hydrogen-bond donors (Lipinski definition) is 2. The third-order valence-electron chi connectivity index (χ3n) is 11.7. The Labute approximate surface area is 353 Å². The van der Waals surface area contributed by atoms with E-state index in [2.05, 4.69) is 19.9 Å². The summed E-state index contributed by atoms with van der Waals surface area (Å²) in [5.41, 5.74) is 4.66. The number of piperazine rings is 1. The lowest BCUT2D eigenvalue weighted by molar-refractivity contribution is -0.138. The van der Waals surface area contributed by atoms with Crippen molar-refractivity contribution in [2.75, 3.05) is 54.6 Å². The van der Waals surface area contributed by atoms with Gasteiger partial charge in [0.2, 0.25) is 27.7 Å². The summed E-state index contributed by atoms with van der Waals surface area (Å²) in [6.45, 7) is 4.95. The van der Waals surface area contributed by atoms with E-state index in [-0.39, 0.29) is 52.5 Å². The summed E-state index contributed by atoms with van der Waals surface area (Å²) in [6, 6.07) is 23.0. The largest absolute Gasteiger partial charge is 0.371 e. The first-order valence-electron chi connectivity index (χ1n) is 20.6. The van der Waals surface area contributed by atoms with Gasteiger partial charge >= 0.3 is 0 Å². The summed E-state index contributed by atoms with van der Waals surface area (Å²) < 4.78 is 45.0. The van der Waals surface area contributed by atoms with Gasteiger partial charge in [0.1, 0.15) is 5.69 Å². The number of nitrogens with one attached hydrogen (secondary N) is 2. The second kappa shape index (κ2) is 17.7. The van der Waals surface area contributed by atoms with E-state index in [0.29, 0.717) is 73.5 Å². The lowest BCUT2D eigenvalue weighted by atomic mass is 9.90. The average molecular weight is 847 g/mol. The van der Waals surface area contributed by atoms with Gasteiger partial charge in [0.25, 0.3) is 5.91 Å². The number of amides is 4. The predicted octanol–water partition coefficient (Wildman–Crippen LogP) is 5.61. The number of hydrogen-bond acceptors (Lipinski definition) is 9. The Balaban J connectivity index is 0.880. The lowest BCUT2D eigenvalue weighted by Gasteiger charge is -2.39. The molecular weight excluding hydrogens is 800 g/mol. The summed E-state index contributed by atoms with van der Waals surface area (Å²) in [4.78, 5) is 61.1. The molecule has 3 aliphatic rings. The van der Waals surface area contributed by atoms with Crippen molar-refractivity contribution in [2.24, 2.45) is 5.92 Å². The number of sulfonamides is 1. The zero-order chi connectivity index (χ0) is 42.7. The Hall–Kier alpha value is -6.42. The van der Waals surface area contributed by atoms with Gasteiger partial charge in [0, 0.05) is 98.1 Å². The van der Waals surface area contributed by atoms with Gasteiger partial charge in [-0.3, -0.25) is 34.2 Å². The van der Waals surface area contributed by atoms with Gasteiger partial charge in [-0.2, -0.15) is 5.10 Å². The average Bonchev–Trinajstić information content (AvgIpc) is 3.72. The van der Waals surface area contributed by atoms with E-state index in [4.69, 9.17) is 5.10 Å². The zero-order valence-corrected chi connectivity index (χ0v) is 34.6. The molecule has 4 amide bonds. The smallest absolute Gasteiger partial charge is 0.253 e. The molecule has 61 heavy (non-hydrogen) atoms. The van der Waals surface area contributed by atoms with E-state index in [0.717, 1.165) is 37.2 Å². The first-order valence-corrected chi connectivity index (χ1v) is 22.3. The van der Waals surface area contributed by atoms with Crippen LogP contribution in [0.1, 0.15) is 60.9 Å². The van der Waals surface area contributed by atoms with Gasteiger partial charge in [0.15, 0.2) is 5.82 Å². The molecule has 0 spiro atoms. The van der Waals surface area contributed by atoms with Crippen LogP contribution in [0.2, 0.25) is 0 Å². The second-order valence-electron chi connectivity index (χ2n) is 15.7. The van der Waals surface area contributed by atoms with E-state index in [1.807, 2.05) is 29.2 Å². The molecule has 5 heterocycles. The molecule has 0 radical (unpaired) electrons. The highest BCUT2D eigenvalue weighted by molar-refractivity contribution is 7.92. The molecule has 2 N–H and O–H groups in total. The van der Waals surface area contributed by atoms with Gasteiger partial charge in [-0.1, -0.05) is 31.2 Å². The highest BCUT2D eigenvalue weighted by Crippen LogP contribution is 2.36. The summed E-state index contributed by atoms with van der Waals surface area (Å²) in [5.74, 6) is -1.77. The standard InChI is InChI=1S/C45H47FN8O6S/c1-2-28-61(59,60)50-39-5-3-4-37(41(39)46)38-29-54(49-42(38)31-16-20-47-21-17-31)35-12-8-32(9-13-35)44(57)52-24-26-53(27-25-52)45(58)33-18-22-51(23-19-33)34-10-6-30(7-11-34)36-14-15-40(55)48-43(36)56/h3-13,16-17,20-21,29,33,36,50H,2,14-15,18-19,22-28H2,1H3,(H,48,55,56)/t36-/m1/s1. The van der Waals surface area contributed by atoms with Crippen LogP contribution in [0.4, 0.5) is 15.8 Å². The number of pyridine rings is 1. The van der Waals surface area contributed by atoms with E-state index in [9.17, 15) is 27.6 Å². The molecule has 3 fully saturated rings. The molecule has 16 heteroatoms. The maximum absolute atomic E-state index is 16.0. The maximum atomic E-state index is 16.0. The van der Waals surface area contributed by atoms with Gasteiger partial charge in [0.05, 0.1) is 23.0 Å². The fraction of sp³-hybridized carbons (Fsp3) is 0.333. The van der Waals surface area contributed by atoms with Gasteiger partial charge in [-0.15, -0.1) is 0 Å². The molecule has 1 atom stereocenters. The molecule has 3 saturated heterocycles. The SMILES string of the molecule is CCCS(=O)(=O)Nc1cccc(-c2cn(-c3ccc(C(=O)N4CCN(C(=O)C5CCN(c6ccc([C@H]7CCC(=O)NC7=O)cc6)CC5)CC4)cc3)nc2-c2ccncc2)c1F. The third kappa shape index (κ3) is 9.04. The summed E-state index contributed by atoms with van der Waals surface area (Å²) in [7, 11) is -3.73. The van der Waals surface area contributed by atoms with E-state index >= 15 is 4.39 Å². The van der Waals surface area contributed by atoms with Crippen LogP contribution in [0, 0.1) is 11.7 Å². The number of nitrogens with zero attached hydrogens (tertiary/aromatic N) is 6. The van der Waals surface area contributed by atoms with Gasteiger partial charge in [-0.05, 0) is 85.8 Å². The zero-order valence-electron chi connectivity index (χ0n) is 33.8. The van der Waals surface area contributed by atoms with Crippen LogP contribution >= 0.6 is 0 Å². The summed E-state index contributed by atoms with van der Waals surface area (Å²) in [5, 5.41) is 7.22. The molecule has 2 aromatic heterocycles. The van der Waals surface area contributed by atoms with Crippen LogP contribution in [0.5, 0.6) is 0 Å². The molecule has 0 unspecified atom stereocenters. The Morgan fingerprint density at radius 3 is 2.16 bits per heavy atom. The van der Waals surface area contributed by atoms with Crippen molar-refractivity contribution in [3.05, 3.63) is 114 Å². The van der Waals surface area contributed by atoms with Gasteiger partial charge < -0.3 is 14.7 Å². The van der Waals surface area contributed by atoms with Crippen LogP contribution in [-0.2, 0) is 24.4 Å². The van der Waals surface area contributed by atoms with E-state index in [1.165, 1.54) is 6.07 Å². The van der Waals surface area contributed by atoms with Crippen molar-refractivity contribution in [3.8, 4) is 28.1 Å². The lowest BCUT2D eigenvalue weighted by Crippen LogP contribution is -2.53. The van der Waals surface area contributed by atoms with Crippen molar-refractivity contribution in [1.82, 2.24) is 29.9 Å². The fourth-order valence-corrected chi connectivity index (χ4v) is 9.51. The minimum atomic E-state index is -3.73. The number of carbonyl (C=O) groups excluding carboxylic acids is 4. The molecular formula is C45H47FN8O6S. The number of imide groups is 1. The molecule has 0 aliphatic carbocycles. The fourth-order valence-electron chi connectivity index (χ4n) is 8.37. The topological polar surface area (TPSA) is 167 Å². The number of piperidine rings is 2. The van der Waals surface area contributed by atoms with Crippen molar-refractivity contribution < 1.29 is 32.0 Å². The highest BCUT2D eigenvalue weighted by atomic mass is 32.2. The van der Waals surface area contributed by atoms with Crippen molar-refractivity contribution >= 4 is 45.0 Å². The van der Waals surface area contributed by atoms with Gasteiger partial charge in [-0.25, -0.2) is 17.5 Å². The Morgan fingerprint density at radius 2 is 1.49 bits per heavy atom. The first kappa shape index (κ1) is 41.3. The second-order valence-corrected chi connectivity index (χ2v) is 17.5. The Bertz CT molecular complexity index is 2530. The van der Waals surface area contributed by atoms with Crippen LogP contribution in [-0.4, -0.2) is 102 Å². The van der Waals surface area contributed by atoms with Crippen LogP contribution in [0.3, 0.4) is 0 Å². The molecule has 0 saturated carbocycles. The minimum absolute atomic E-state index is 0.0882. The maximum Gasteiger partial charge on any atom is 0.253 e. The molecule has 3 aromatic carbocycles. The quantitative estimate of drug-likeness (QED) is 0.161. The summed E-state index contributed by atoms with van der Waals surface area (Å²) >= 11 is 0. The third-order valence-corrected chi connectivity index (χ3v) is 13.2. The predicted molar refractivity (Wildman–Crippen MR) is 229 cm³/mol.